The van der Waals surface area contributed by atoms with Gasteiger partial charge in [-0.1, -0.05) is 36.8 Å². The minimum Gasteiger partial charge on any atom is -0.469 e. The van der Waals surface area contributed by atoms with Crippen molar-refractivity contribution in [2.45, 2.75) is 38.6 Å². The van der Waals surface area contributed by atoms with Crippen LogP contribution in [0.5, 0.6) is 0 Å². The molecule has 0 saturated carbocycles. The number of nitrogens with one attached hydrogen (secondary N) is 1. The molecule has 3 rings (SSSR count). The van der Waals surface area contributed by atoms with E-state index in [2.05, 4.69) is 14.6 Å². The van der Waals surface area contributed by atoms with Crippen molar-refractivity contribution in [1.29, 1.82) is 0 Å². The Kier molecular flexibility index (Phi) is 7.60. The minimum absolute atomic E-state index is 0.0360. The fraction of sp³-hybridized carbons (Fsp3) is 0.333. The van der Waals surface area contributed by atoms with Gasteiger partial charge in [0.2, 0.25) is 5.91 Å². The van der Waals surface area contributed by atoms with Crippen molar-refractivity contribution >= 4 is 22.8 Å². The third kappa shape index (κ3) is 5.92. The van der Waals surface area contributed by atoms with Crippen LogP contribution in [-0.4, -0.2) is 30.1 Å². The van der Waals surface area contributed by atoms with Gasteiger partial charge in [0.15, 0.2) is 0 Å². The number of fused-ring (bicyclic) bond motifs is 1. The number of hydrogen-bond donors (Lipinski definition) is 1. The number of carbonyl (C=O) groups excluding carboxylic acids is 2. The summed E-state index contributed by atoms with van der Waals surface area (Å²) < 4.78 is 20.0. The lowest BCUT2D eigenvalue weighted by Gasteiger charge is -2.12. The topological polar surface area (TPSA) is 60.3 Å². The van der Waals surface area contributed by atoms with Crippen LogP contribution in [0.4, 0.5) is 4.39 Å². The first-order valence-corrected chi connectivity index (χ1v) is 10.2. The number of carbonyl (C=O) groups is 2. The van der Waals surface area contributed by atoms with Gasteiger partial charge in [-0.3, -0.25) is 9.59 Å². The fourth-order valence-corrected chi connectivity index (χ4v) is 3.50. The lowest BCUT2D eigenvalue weighted by Crippen LogP contribution is -2.27. The summed E-state index contributed by atoms with van der Waals surface area (Å²) >= 11 is 0. The molecule has 0 radical (unpaired) electrons. The van der Waals surface area contributed by atoms with Crippen molar-refractivity contribution in [2.24, 2.45) is 0 Å². The maximum absolute atomic E-state index is 13.2. The Hall–Kier alpha value is -3.15. The molecule has 0 atom stereocenters. The third-order valence-corrected chi connectivity index (χ3v) is 5.10. The number of ether oxygens (including phenoxy) is 1. The zero-order valence-corrected chi connectivity index (χ0v) is 17.2. The number of methoxy groups -OCH3 is 1. The molecule has 1 N–H and O–H groups in total. The van der Waals surface area contributed by atoms with E-state index in [1.54, 1.807) is 12.1 Å². The van der Waals surface area contributed by atoms with Gasteiger partial charge in [0.05, 0.1) is 13.5 Å². The van der Waals surface area contributed by atoms with Gasteiger partial charge in [-0.05, 0) is 48.1 Å². The highest BCUT2D eigenvalue weighted by atomic mass is 19.1. The summed E-state index contributed by atoms with van der Waals surface area (Å²) in [6.45, 7) is 1.15. The number of halogens is 1. The molecule has 0 saturated heterocycles. The maximum atomic E-state index is 13.2. The Labute approximate surface area is 175 Å². The zero-order chi connectivity index (χ0) is 21.3. The van der Waals surface area contributed by atoms with Gasteiger partial charge in [0.25, 0.3) is 0 Å². The second kappa shape index (κ2) is 10.6. The highest BCUT2D eigenvalue weighted by molar-refractivity contribution is 5.85. The van der Waals surface area contributed by atoms with Crippen molar-refractivity contribution in [2.75, 3.05) is 13.7 Å². The zero-order valence-electron chi connectivity index (χ0n) is 17.2. The van der Waals surface area contributed by atoms with Crippen LogP contribution < -0.4 is 5.32 Å². The molecule has 30 heavy (non-hydrogen) atoms. The smallest absolute Gasteiger partial charge is 0.305 e. The minimum atomic E-state index is -0.262. The summed E-state index contributed by atoms with van der Waals surface area (Å²) in [6, 6.07) is 16.5. The normalized spacial score (nSPS) is 10.9. The molecule has 0 unspecified atom stereocenters. The van der Waals surface area contributed by atoms with Crippen molar-refractivity contribution in [3.8, 4) is 0 Å². The largest absolute Gasteiger partial charge is 0.469 e. The third-order valence-electron chi connectivity index (χ3n) is 5.10. The average molecular weight is 410 g/mol. The average Bonchev–Trinajstić information content (AvgIpc) is 3.08. The van der Waals surface area contributed by atoms with E-state index < -0.39 is 0 Å². The molecule has 0 aliphatic heterocycles. The van der Waals surface area contributed by atoms with Crippen LogP contribution in [0.15, 0.2) is 54.6 Å². The van der Waals surface area contributed by atoms with Crippen LogP contribution in [0, 0.1) is 5.82 Å². The molecule has 158 valence electrons. The van der Waals surface area contributed by atoms with E-state index in [1.807, 2.05) is 30.3 Å². The van der Waals surface area contributed by atoms with Gasteiger partial charge in [-0.15, -0.1) is 0 Å². The van der Waals surface area contributed by atoms with Crippen molar-refractivity contribution in [1.82, 2.24) is 9.88 Å². The van der Waals surface area contributed by atoms with E-state index in [0.29, 0.717) is 19.5 Å². The molecule has 1 amide bonds. The number of para-hydroxylation sites is 1. The fourth-order valence-electron chi connectivity index (χ4n) is 3.50. The van der Waals surface area contributed by atoms with E-state index in [1.165, 1.54) is 19.2 Å². The first kappa shape index (κ1) is 21.6. The van der Waals surface area contributed by atoms with Crippen LogP contribution in [-0.2, 0) is 27.3 Å². The van der Waals surface area contributed by atoms with E-state index in [9.17, 15) is 14.0 Å². The van der Waals surface area contributed by atoms with Crippen molar-refractivity contribution in [3.05, 3.63) is 71.7 Å². The molecule has 5 nitrogen and oxygen atoms in total. The molecule has 0 bridgehead atoms. The number of unbranched alkanes of at least 4 members (excludes halogenated alkanes) is 2. The maximum Gasteiger partial charge on any atom is 0.305 e. The number of nitrogens with zero attached hydrogens (tertiary/aromatic N) is 1. The number of esters is 1. The monoisotopic (exact) mass is 410 g/mol. The molecular weight excluding hydrogens is 383 g/mol. The summed E-state index contributed by atoms with van der Waals surface area (Å²) in [5.74, 6) is -0.499. The van der Waals surface area contributed by atoms with Gasteiger partial charge in [0, 0.05) is 30.7 Å². The highest BCUT2D eigenvalue weighted by Gasteiger charge is 2.13. The summed E-state index contributed by atoms with van der Waals surface area (Å²) in [6.07, 6.45) is 3.13. The number of amides is 1. The van der Waals surface area contributed by atoms with Crippen molar-refractivity contribution < 1.29 is 18.7 Å². The number of benzene rings is 2. The van der Waals surface area contributed by atoms with Gasteiger partial charge in [-0.25, -0.2) is 4.39 Å². The number of aromatic nitrogens is 1. The van der Waals surface area contributed by atoms with Crippen LogP contribution >= 0.6 is 0 Å². The predicted molar refractivity (Wildman–Crippen MR) is 115 cm³/mol. The molecule has 0 aliphatic rings. The molecule has 0 fully saturated rings. The standard InChI is InChI=1S/C24H27FN2O3/c1-30-24(29)9-3-2-6-14-26-23(28)16-21-15-19-7-4-5-8-22(19)27(21)17-18-10-12-20(25)13-11-18/h4-5,7-8,10-13,15H,2-3,6,9,14,16-17H2,1H3,(H,26,28). The van der Waals surface area contributed by atoms with E-state index in [0.717, 1.165) is 41.4 Å². The van der Waals surface area contributed by atoms with E-state index in [4.69, 9.17) is 0 Å². The predicted octanol–water partition coefficient (Wildman–Crippen LogP) is 4.22. The van der Waals surface area contributed by atoms with Crippen molar-refractivity contribution in [3.63, 3.8) is 0 Å². The molecular formula is C24H27FN2O3. The first-order chi connectivity index (χ1) is 14.6. The number of hydrogen-bond acceptors (Lipinski definition) is 3. The Morgan fingerprint density at radius 1 is 1.03 bits per heavy atom. The Morgan fingerprint density at radius 2 is 1.80 bits per heavy atom. The second-order valence-electron chi connectivity index (χ2n) is 7.32. The first-order valence-electron chi connectivity index (χ1n) is 10.2. The van der Waals surface area contributed by atoms with Crippen LogP contribution in [0.25, 0.3) is 10.9 Å². The lowest BCUT2D eigenvalue weighted by atomic mass is 10.2. The Morgan fingerprint density at radius 3 is 2.57 bits per heavy atom. The molecule has 6 heteroatoms. The van der Waals surface area contributed by atoms with Gasteiger partial charge in [-0.2, -0.15) is 0 Å². The van der Waals surface area contributed by atoms with Crippen LogP contribution in [0.3, 0.4) is 0 Å². The van der Waals surface area contributed by atoms with Crippen LogP contribution in [0.1, 0.15) is 36.9 Å². The Bertz CT molecular complexity index is 995. The number of rotatable bonds is 10. The summed E-state index contributed by atoms with van der Waals surface area (Å²) in [5, 5.41) is 4.03. The van der Waals surface area contributed by atoms with Crippen LogP contribution in [0.2, 0.25) is 0 Å². The molecule has 2 aromatic carbocycles. The Balaban J connectivity index is 1.60. The lowest BCUT2D eigenvalue weighted by molar-refractivity contribution is -0.140. The highest BCUT2D eigenvalue weighted by Crippen LogP contribution is 2.22. The molecule has 3 aromatic rings. The SMILES string of the molecule is COC(=O)CCCCCNC(=O)Cc1cc2ccccc2n1Cc1ccc(F)cc1. The molecule has 1 aromatic heterocycles. The summed E-state index contributed by atoms with van der Waals surface area (Å²) in [4.78, 5) is 23.6. The van der Waals surface area contributed by atoms with Gasteiger partial charge in [0.1, 0.15) is 5.82 Å². The molecule has 1 heterocycles. The summed E-state index contributed by atoms with van der Waals surface area (Å²) in [7, 11) is 1.39. The molecule has 0 aliphatic carbocycles. The summed E-state index contributed by atoms with van der Waals surface area (Å²) in [5.41, 5.74) is 2.95. The van der Waals surface area contributed by atoms with Gasteiger partial charge >= 0.3 is 5.97 Å². The van der Waals surface area contributed by atoms with Gasteiger partial charge < -0.3 is 14.6 Å². The van der Waals surface area contributed by atoms with E-state index >= 15 is 0 Å². The quantitative estimate of drug-likeness (QED) is 0.402. The second-order valence-corrected chi connectivity index (χ2v) is 7.32. The molecule has 0 spiro atoms. The van der Waals surface area contributed by atoms with E-state index in [-0.39, 0.29) is 24.1 Å².